The number of amides is 1. The topological polar surface area (TPSA) is 79.5 Å². The molecule has 0 saturated heterocycles. The Labute approximate surface area is 87.3 Å². The summed E-state index contributed by atoms with van der Waals surface area (Å²) >= 11 is 4.69. The Bertz CT molecular complexity index is 232. The Balaban J connectivity index is 3.65. The molecule has 0 atom stereocenters. The van der Waals surface area contributed by atoms with Crippen LogP contribution in [0.1, 0.15) is 13.3 Å². The molecule has 0 aromatic heterocycles. The van der Waals surface area contributed by atoms with Crippen LogP contribution in [0.25, 0.3) is 0 Å². The SMILES string of the molecule is CCOC(=O)CC(=O)NNC(=S)NC. The Morgan fingerprint density at radius 2 is 2.00 bits per heavy atom. The van der Waals surface area contributed by atoms with Crippen LogP contribution in [0.15, 0.2) is 0 Å². The van der Waals surface area contributed by atoms with Crippen molar-refractivity contribution in [2.24, 2.45) is 0 Å². The molecule has 6 nitrogen and oxygen atoms in total. The maximum Gasteiger partial charge on any atom is 0.315 e. The fraction of sp³-hybridized carbons (Fsp3) is 0.571. The molecule has 0 heterocycles. The number of hydrazine groups is 1. The van der Waals surface area contributed by atoms with Gasteiger partial charge in [0.05, 0.1) is 6.61 Å². The van der Waals surface area contributed by atoms with E-state index < -0.39 is 11.9 Å². The monoisotopic (exact) mass is 219 g/mol. The van der Waals surface area contributed by atoms with Crippen molar-refractivity contribution >= 4 is 29.2 Å². The largest absolute Gasteiger partial charge is 0.466 e. The minimum atomic E-state index is -0.567. The molecule has 7 heteroatoms. The zero-order valence-electron chi connectivity index (χ0n) is 8.05. The average molecular weight is 219 g/mol. The number of hydrogen-bond donors (Lipinski definition) is 3. The van der Waals surface area contributed by atoms with Crippen molar-refractivity contribution in [2.75, 3.05) is 13.7 Å². The lowest BCUT2D eigenvalue weighted by molar-refractivity contribution is -0.146. The molecule has 0 aliphatic heterocycles. The molecule has 0 spiro atoms. The molecule has 0 aliphatic rings. The summed E-state index contributed by atoms with van der Waals surface area (Å²) in [6.07, 6.45) is -0.326. The lowest BCUT2D eigenvalue weighted by Gasteiger charge is -2.07. The Kier molecular flexibility index (Phi) is 6.38. The van der Waals surface area contributed by atoms with Crippen LogP contribution in [0, 0.1) is 0 Å². The molecule has 0 radical (unpaired) electrons. The highest BCUT2D eigenvalue weighted by atomic mass is 32.1. The first-order valence-electron chi connectivity index (χ1n) is 4.02. The number of ether oxygens (including phenoxy) is 1. The van der Waals surface area contributed by atoms with E-state index in [0.717, 1.165) is 0 Å². The van der Waals surface area contributed by atoms with Crippen molar-refractivity contribution < 1.29 is 14.3 Å². The molecule has 0 aliphatic carbocycles. The van der Waals surface area contributed by atoms with Crippen LogP contribution in [0.4, 0.5) is 0 Å². The van der Waals surface area contributed by atoms with Crippen molar-refractivity contribution in [2.45, 2.75) is 13.3 Å². The third kappa shape index (κ3) is 6.18. The first kappa shape index (κ1) is 12.6. The second-order valence-corrected chi connectivity index (χ2v) is 2.64. The van der Waals surface area contributed by atoms with Gasteiger partial charge in [0, 0.05) is 7.05 Å². The Morgan fingerprint density at radius 1 is 1.36 bits per heavy atom. The van der Waals surface area contributed by atoms with Gasteiger partial charge in [-0.3, -0.25) is 20.4 Å². The number of thiocarbonyl (C=S) groups is 1. The molecule has 14 heavy (non-hydrogen) atoms. The summed E-state index contributed by atoms with van der Waals surface area (Å²) in [5, 5.41) is 2.85. The normalized spacial score (nSPS) is 8.71. The Morgan fingerprint density at radius 3 is 2.50 bits per heavy atom. The zero-order chi connectivity index (χ0) is 11.0. The fourth-order valence-corrected chi connectivity index (χ4v) is 0.627. The second kappa shape index (κ2) is 7.07. The maximum atomic E-state index is 11.0. The van der Waals surface area contributed by atoms with Gasteiger partial charge in [-0.2, -0.15) is 0 Å². The van der Waals surface area contributed by atoms with Gasteiger partial charge in [-0.25, -0.2) is 0 Å². The highest BCUT2D eigenvalue weighted by Crippen LogP contribution is 1.84. The summed E-state index contributed by atoms with van der Waals surface area (Å²) < 4.78 is 4.57. The van der Waals surface area contributed by atoms with E-state index in [2.05, 4.69) is 33.1 Å². The van der Waals surface area contributed by atoms with E-state index in [1.165, 1.54) is 0 Å². The van der Waals surface area contributed by atoms with Crippen molar-refractivity contribution in [3.05, 3.63) is 0 Å². The predicted molar refractivity (Wildman–Crippen MR) is 54.2 cm³/mol. The van der Waals surface area contributed by atoms with Crippen LogP contribution in [0.2, 0.25) is 0 Å². The highest BCUT2D eigenvalue weighted by molar-refractivity contribution is 7.80. The maximum absolute atomic E-state index is 11.0. The van der Waals surface area contributed by atoms with Crippen molar-refractivity contribution in [1.29, 1.82) is 0 Å². The van der Waals surface area contributed by atoms with E-state index in [-0.39, 0.29) is 18.1 Å². The van der Waals surface area contributed by atoms with Gasteiger partial charge in [-0.15, -0.1) is 0 Å². The van der Waals surface area contributed by atoms with Crippen molar-refractivity contribution in [3.8, 4) is 0 Å². The van der Waals surface area contributed by atoms with Gasteiger partial charge < -0.3 is 10.1 Å². The molecule has 3 N–H and O–H groups in total. The van der Waals surface area contributed by atoms with E-state index in [0.29, 0.717) is 0 Å². The predicted octanol–water partition coefficient (Wildman–Crippen LogP) is -0.935. The number of rotatable bonds is 3. The summed E-state index contributed by atoms with van der Waals surface area (Å²) in [4.78, 5) is 21.8. The summed E-state index contributed by atoms with van der Waals surface area (Å²) in [6, 6.07) is 0. The van der Waals surface area contributed by atoms with Crippen molar-refractivity contribution in [3.63, 3.8) is 0 Å². The summed E-state index contributed by atoms with van der Waals surface area (Å²) in [6.45, 7) is 1.93. The summed E-state index contributed by atoms with van der Waals surface area (Å²) in [7, 11) is 1.60. The number of esters is 1. The van der Waals surface area contributed by atoms with Crippen LogP contribution in [-0.4, -0.2) is 30.6 Å². The summed E-state index contributed by atoms with van der Waals surface area (Å²) in [5.41, 5.74) is 4.62. The molecule has 80 valence electrons. The van der Waals surface area contributed by atoms with Crippen LogP contribution in [0.3, 0.4) is 0 Å². The van der Waals surface area contributed by atoms with Crippen LogP contribution in [0.5, 0.6) is 0 Å². The van der Waals surface area contributed by atoms with Gasteiger partial charge in [-0.05, 0) is 19.1 Å². The first-order valence-corrected chi connectivity index (χ1v) is 4.43. The molecule has 0 unspecified atom stereocenters. The minimum absolute atomic E-state index is 0.258. The molecule has 0 fully saturated rings. The first-order chi connectivity index (χ1) is 6.60. The standard InChI is InChI=1S/C7H13N3O3S/c1-3-13-6(12)4-5(11)9-10-7(14)8-2/h3-4H2,1-2H3,(H,9,11)(H2,8,10,14). The molecule has 0 saturated carbocycles. The minimum Gasteiger partial charge on any atom is -0.466 e. The highest BCUT2D eigenvalue weighted by Gasteiger charge is 2.09. The number of hydrogen-bond acceptors (Lipinski definition) is 4. The zero-order valence-corrected chi connectivity index (χ0v) is 8.86. The van der Waals surface area contributed by atoms with Crippen LogP contribution >= 0.6 is 12.2 Å². The van der Waals surface area contributed by atoms with Gasteiger partial charge in [0.15, 0.2) is 5.11 Å². The van der Waals surface area contributed by atoms with Gasteiger partial charge in [0.1, 0.15) is 6.42 Å². The lowest BCUT2D eigenvalue weighted by Crippen LogP contribution is -2.46. The number of nitrogens with one attached hydrogen (secondary N) is 3. The molecular weight excluding hydrogens is 206 g/mol. The van der Waals surface area contributed by atoms with Gasteiger partial charge >= 0.3 is 5.97 Å². The third-order valence-corrected chi connectivity index (χ3v) is 1.46. The van der Waals surface area contributed by atoms with E-state index in [4.69, 9.17) is 0 Å². The fourth-order valence-electron chi connectivity index (χ4n) is 0.576. The molecule has 1 amide bonds. The van der Waals surface area contributed by atoms with Gasteiger partial charge in [-0.1, -0.05) is 0 Å². The third-order valence-electron chi connectivity index (χ3n) is 1.15. The molecular formula is C7H13N3O3S. The average Bonchev–Trinajstić information content (AvgIpc) is 2.14. The summed E-state index contributed by atoms with van der Waals surface area (Å²) in [5.74, 6) is -1.07. The molecule has 0 bridgehead atoms. The second-order valence-electron chi connectivity index (χ2n) is 2.23. The quantitative estimate of drug-likeness (QED) is 0.246. The van der Waals surface area contributed by atoms with Gasteiger partial charge in [0.25, 0.3) is 0 Å². The molecule has 0 rings (SSSR count). The van der Waals surface area contributed by atoms with Crippen LogP contribution < -0.4 is 16.2 Å². The number of carbonyl (C=O) groups is 2. The number of carbonyl (C=O) groups excluding carboxylic acids is 2. The van der Waals surface area contributed by atoms with E-state index in [1.54, 1.807) is 14.0 Å². The van der Waals surface area contributed by atoms with E-state index >= 15 is 0 Å². The molecule has 0 aromatic rings. The smallest absolute Gasteiger partial charge is 0.315 e. The van der Waals surface area contributed by atoms with Crippen LogP contribution in [-0.2, 0) is 14.3 Å². The van der Waals surface area contributed by atoms with E-state index in [1.807, 2.05) is 0 Å². The Hall–Kier alpha value is -1.37. The van der Waals surface area contributed by atoms with Crippen molar-refractivity contribution in [1.82, 2.24) is 16.2 Å². The van der Waals surface area contributed by atoms with E-state index in [9.17, 15) is 9.59 Å². The molecule has 0 aromatic carbocycles. The lowest BCUT2D eigenvalue weighted by atomic mass is 10.4. The van der Waals surface area contributed by atoms with Gasteiger partial charge in [0.2, 0.25) is 5.91 Å².